The quantitative estimate of drug-likeness (QED) is 0.387. The fraction of sp³-hybridized carbons (Fsp3) is 0.571. The van der Waals surface area contributed by atoms with Gasteiger partial charge in [-0.25, -0.2) is 9.00 Å². The Morgan fingerprint density at radius 2 is 2.23 bits per heavy atom. The first kappa shape index (κ1) is 12.3. The fourth-order valence-corrected chi connectivity index (χ4v) is 0.656. The van der Waals surface area contributed by atoms with Gasteiger partial charge in [0.1, 0.15) is 0 Å². The first-order valence-corrected chi connectivity index (χ1v) is 4.70. The molecular formula is C7H12O5S. The predicted molar refractivity (Wildman–Crippen MR) is 47.2 cm³/mol. The summed E-state index contributed by atoms with van der Waals surface area (Å²) < 4.78 is 23.5. The van der Waals surface area contributed by atoms with Crippen LogP contribution in [0.3, 0.4) is 0 Å². The summed E-state index contributed by atoms with van der Waals surface area (Å²) in [5.41, 5.74) is 0. The molecule has 0 aliphatic rings. The van der Waals surface area contributed by atoms with Crippen LogP contribution in [0.4, 0.5) is 0 Å². The van der Waals surface area contributed by atoms with Gasteiger partial charge in [-0.05, 0) is 19.9 Å². The van der Waals surface area contributed by atoms with Gasteiger partial charge in [0.05, 0.1) is 6.61 Å². The van der Waals surface area contributed by atoms with Crippen molar-refractivity contribution >= 4 is 17.0 Å². The number of hydrogen-bond acceptors (Lipinski definition) is 4. The molecule has 0 aliphatic carbocycles. The standard InChI is InChI=1S/C7H12O5S/c1-3-12-6(8)4-5-7(2,9)13(10)11/h4-5,9H,3H2,1-2H3,(H,10,11)/b5-4+. The van der Waals surface area contributed by atoms with E-state index in [1.54, 1.807) is 6.92 Å². The van der Waals surface area contributed by atoms with Crippen LogP contribution >= 0.6 is 0 Å². The Labute approximate surface area is 78.7 Å². The molecule has 6 heteroatoms. The maximum absolute atomic E-state index is 10.7. The number of carbonyl (C=O) groups is 1. The van der Waals surface area contributed by atoms with Gasteiger partial charge in [0.25, 0.3) is 0 Å². The minimum absolute atomic E-state index is 0.216. The highest BCUT2D eigenvalue weighted by Gasteiger charge is 2.23. The van der Waals surface area contributed by atoms with Gasteiger partial charge in [-0.3, -0.25) is 0 Å². The van der Waals surface area contributed by atoms with Crippen LogP contribution in [0, 0.1) is 0 Å². The second-order valence-electron chi connectivity index (χ2n) is 2.39. The van der Waals surface area contributed by atoms with Crippen LogP contribution in [-0.4, -0.2) is 31.4 Å². The molecule has 76 valence electrons. The van der Waals surface area contributed by atoms with E-state index in [1.165, 1.54) is 0 Å². The number of esters is 1. The third-order valence-electron chi connectivity index (χ3n) is 1.17. The Morgan fingerprint density at radius 3 is 2.62 bits per heavy atom. The smallest absolute Gasteiger partial charge is 0.330 e. The molecule has 2 unspecified atom stereocenters. The first-order chi connectivity index (χ1) is 5.90. The van der Waals surface area contributed by atoms with E-state index in [0.29, 0.717) is 0 Å². The molecule has 0 radical (unpaired) electrons. The van der Waals surface area contributed by atoms with E-state index in [9.17, 15) is 9.00 Å². The Morgan fingerprint density at radius 1 is 1.69 bits per heavy atom. The number of rotatable bonds is 4. The van der Waals surface area contributed by atoms with E-state index in [4.69, 9.17) is 9.66 Å². The van der Waals surface area contributed by atoms with E-state index in [-0.39, 0.29) is 6.61 Å². The van der Waals surface area contributed by atoms with Gasteiger partial charge < -0.3 is 14.4 Å². The molecule has 0 amide bonds. The molecule has 0 saturated carbocycles. The molecule has 2 atom stereocenters. The average molecular weight is 208 g/mol. The van der Waals surface area contributed by atoms with E-state index < -0.39 is 22.0 Å². The lowest BCUT2D eigenvalue weighted by atomic mass is 10.3. The van der Waals surface area contributed by atoms with Crippen LogP contribution in [0.2, 0.25) is 0 Å². The van der Waals surface area contributed by atoms with Crippen molar-refractivity contribution in [2.75, 3.05) is 6.61 Å². The zero-order valence-corrected chi connectivity index (χ0v) is 8.21. The second kappa shape index (κ2) is 5.11. The summed E-state index contributed by atoms with van der Waals surface area (Å²) in [7, 11) is 0. The lowest BCUT2D eigenvalue weighted by Gasteiger charge is -2.12. The summed E-state index contributed by atoms with van der Waals surface area (Å²) in [6.07, 6.45) is 1.83. The SMILES string of the molecule is CCOC(=O)/C=C/C(C)(O)S(=O)O. The second-order valence-corrected chi connectivity index (χ2v) is 3.71. The Balaban J connectivity index is 4.25. The van der Waals surface area contributed by atoms with E-state index in [1.807, 2.05) is 0 Å². The zero-order valence-electron chi connectivity index (χ0n) is 7.39. The molecular weight excluding hydrogens is 196 g/mol. The molecule has 0 spiro atoms. The van der Waals surface area contributed by atoms with Gasteiger partial charge in [0, 0.05) is 6.08 Å². The molecule has 0 fully saturated rings. The molecule has 2 N–H and O–H groups in total. The van der Waals surface area contributed by atoms with Gasteiger partial charge in [-0.1, -0.05) is 0 Å². The molecule has 0 aromatic carbocycles. The number of aliphatic hydroxyl groups is 1. The van der Waals surface area contributed by atoms with Crippen molar-refractivity contribution in [3.8, 4) is 0 Å². The summed E-state index contributed by atoms with van der Waals surface area (Å²) in [5.74, 6) is -0.659. The summed E-state index contributed by atoms with van der Waals surface area (Å²) in [5, 5.41) is 9.16. The van der Waals surface area contributed by atoms with Crippen molar-refractivity contribution < 1.29 is 23.4 Å². The van der Waals surface area contributed by atoms with Crippen LogP contribution in [-0.2, 0) is 20.6 Å². The summed E-state index contributed by atoms with van der Waals surface area (Å²) in [4.78, 5) is 8.79. The fourth-order valence-electron chi connectivity index (χ4n) is 0.471. The molecule has 0 aromatic rings. The summed E-state index contributed by atoms with van der Waals surface area (Å²) in [6.45, 7) is 2.96. The minimum Gasteiger partial charge on any atom is -0.463 e. The van der Waals surface area contributed by atoms with Crippen LogP contribution in [0.15, 0.2) is 12.2 Å². The van der Waals surface area contributed by atoms with Crippen molar-refractivity contribution in [1.29, 1.82) is 0 Å². The van der Waals surface area contributed by atoms with Crippen molar-refractivity contribution in [2.45, 2.75) is 18.8 Å². The highest BCUT2D eigenvalue weighted by atomic mass is 32.2. The molecule has 0 aromatic heterocycles. The Hall–Kier alpha value is -0.720. The van der Waals surface area contributed by atoms with Gasteiger partial charge in [-0.2, -0.15) is 0 Å². The van der Waals surface area contributed by atoms with E-state index in [0.717, 1.165) is 19.1 Å². The van der Waals surface area contributed by atoms with Crippen molar-refractivity contribution in [2.24, 2.45) is 0 Å². The third kappa shape index (κ3) is 4.76. The molecule has 5 nitrogen and oxygen atoms in total. The van der Waals surface area contributed by atoms with Crippen molar-refractivity contribution in [3.63, 3.8) is 0 Å². The maximum Gasteiger partial charge on any atom is 0.330 e. The van der Waals surface area contributed by atoms with E-state index >= 15 is 0 Å². The van der Waals surface area contributed by atoms with Gasteiger partial charge in [0.15, 0.2) is 16.0 Å². The monoisotopic (exact) mass is 208 g/mol. The lowest BCUT2D eigenvalue weighted by molar-refractivity contribution is -0.137. The molecule has 0 aliphatic heterocycles. The molecule has 0 heterocycles. The molecule has 13 heavy (non-hydrogen) atoms. The Kier molecular flexibility index (Phi) is 4.82. The normalized spacial score (nSPS) is 18.2. The molecule has 0 saturated heterocycles. The molecule has 0 rings (SSSR count). The van der Waals surface area contributed by atoms with Crippen molar-refractivity contribution in [3.05, 3.63) is 12.2 Å². The highest BCUT2D eigenvalue weighted by molar-refractivity contribution is 7.80. The van der Waals surface area contributed by atoms with Gasteiger partial charge in [0.2, 0.25) is 0 Å². The van der Waals surface area contributed by atoms with Gasteiger partial charge in [-0.15, -0.1) is 0 Å². The average Bonchev–Trinajstić information content (AvgIpc) is 2.01. The number of carbonyl (C=O) groups excluding carboxylic acids is 1. The van der Waals surface area contributed by atoms with Gasteiger partial charge >= 0.3 is 5.97 Å². The summed E-state index contributed by atoms with van der Waals surface area (Å²) in [6, 6.07) is 0. The Bertz CT molecular complexity index is 233. The number of ether oxygens (including phenoxy) is 1. The maximum atomic E-state index is 10.7. The first-order valence-electron chi connectivity index (χ1n) is 3.59. The van der Waals surface area contributed by atoms with Crippen molar-refractivity contribution in [1.82, 2.24) is 0 Å². The topological polar surface area (TPSA) is 83.8 Å². The van der Waals surface area contributed by atoms with Crippen LogP contribution in [0.25, 0.3) is 0 Å². The van der Waals surface area contributed by atoms with Crippen LogP contribution in [0.1, 0.15) is 13.8 Å². The zero-order chi connectivity index (χ0) is 10.5. The summed E-state index contributed by atoms with van der Waals surface area (Å²) >= 11 is -2.44. The van der Waals surface area contributed by atoms with E-state index in [2.05, 4.69) is 4.74 Å². The van der Waals surface area contributed by atoms with Crippen LogP contribution < -0.4 is 0 Å². The third-order valence-corrected chi connectivity index (χ3v) is 2.01. The van der Waals surface area contributed by atoms with Crippen LogP contribution in [0.5, 0.6) is 0 Å². The predicted octanol–water partition coefficient (Wildman–Crippen LogP) is 0.0359. The number of hydrogen-bond donors (Lipinski definition) is 2. The molecule has 0 bridgehead atoms. The minimum atomic E-state index is -2.44. The largest absolute Gasteiger partial charge is 0.463 e. The highest BCUT2D eigenvalue weighted by Crippen LogP contribution is 2.08. The lowest BCUT2D eigenvalue weighted by Crippen LogP contribution is -2.27.